The number of para-hydroxylation sites is 1. The van der Waals surface area contributed by atoms with E-state index in [0.29, 0.717) is 16.6 Å². The third-order valence-corrected chi connectivity index (χ3v) is 4.64. The van der Waals surface area contributed by atoms with E-state index in [1.807, 2.05) is 0 Å². The molecule has 3 aromatic rings. The van der Waals surface area contributed by atoms with Crippen LogP contribution in [-0.4, -0.2) is 22.3 Å². The minimum Gasteiger partial charge on any atom is -0.434 e. The minimum atomic E-state index is -3.05. The topological polar surface area (TPSA) is 56.2 Å². The van der Waals surface area contributed by atoms with Crippen LogP contribution in [0.15, 0.2) is 48.7 Å². The molecule has 28 heavy (non-hydrogen) atoms. The molecule has 0 unspecified atom stereocenters. The summed E-state index contributed by atoms with van der Waals surface area (Å²) >= 11 is 18.0. The Hall–Kier alpha value is -2.35. The van der Waals surface area contributed by atoms with E-state index in [1.165, 1.54) is 35.1 Å². The largest absolute Gasteiger partial charge is 0.434 e. The van der Waals surface area contributed by atoms with Gasteiger partial charge in [-0.25, -0.2) is 0 Å². The van der Waals surface area contributed by atoms with E-state index in [-0.39, 0.29) is 22.2 Å². The van der Waals surface area contributed by atoms with Gasteiger partial charge < -0.3 is 10.1 Å². The van der Waals surface area contributed by atoms with Crippen LogP contribution in [0.3, 0.4) is 0 Å². The quantitative estimate of drug-likeness (QED) is 0.525. The number of hydrogen-bond donors (Lipinski definition) is 1. The van der Waals surface area contributed by atoms with Crippen molar-refractivity contribution in [3.05, 3.63) is 74.9 Å². The highest BCUT2D eigenvalue weighted by Gasteiger charge is 2.18. The monoisotopic (exact) mass is 445 g/mol. The van der Waals surface area contributed by atoms with Crippen LogP contribution in [0.25, 0.3) is 0 Å². The maximum atomic E-state index is 12.5. The number of benzene rings is 2. The second kappa shape index (κ2) is 8.77. The van der Waals surface area contributed by atoms with Crippen molar-refractivity contribution in [3.8, 4) is 5.75 Å². The molecule has 0 saturated carbocycles. The third-order valence-electron chi connectivity index (χ3n) is 3.63. The van der Waals surface area contributed by atoms with Crippen molar-refractivity contribution in [1.29, 1.82) is 0 Å². The standard InChI is InChI=1S/C18H12Cl3F2N3O2/c19-12-6-5-10(7-13(12)20)8-26-9-14(21)16(25-26)24-17(27)11-3-1-2-4-15(11)28-18(22)23/h1-7,9,18H,8H2,(H,24,25,27). The first-order valence-electron chi connectivity index (χ1n) is 7.85. The fourth-order valence-corrected chi connectivity index (χ4v) is 2.93. The van der Waals surface area contributed by atoms with E-state index in [0.717, 1.165) is 5.56 Å². The van der Waals surface area contributed by atoms with Crippen LogP contribution in [0.2, 0.25) is 15.1 Å². The van der Waals surface area contributed by atoms with Crippen molar-refractivity contribution in [3.63, 3.8) is 0 Å². The van der Waals surface area contributed by atoms with Gasteiger partial charge in [-0.15, -0.1) is 0 Å². The van der Waals surface area contributed by atoms with Crippen LogP contribution in [0, 0.1) is 0 Å². The molecule has 1 heterocycles. The zero-order valence-corrected chi connectivity index (χ0v) is 16.3. The second-order valence-corrected chi connectivity index (χ2v) is 6.82. The molecule has 0 atom stereocenters. The van der Waals surface area contributed by atoms with Gasteiger partial charge in [-0.05, 0) is 29.8 Å². The minimum absolute atomic E-state index is 0.0714. The van der Waals surface area contributed by atoms with E-state index < -0.39 is 12.5 Å². The van der Waals surface area contributed by atoms with Gasteiger partial charge in [0.25, 0.3) is 5.91 Å². The smallest absolute Gasteiger partial charge is 0.387 e. The van der Waals surface area contributed by atoms with Crippen molar-refractivity contribution < 1.29 is 18.3 Å². The first-order chi connectivity index (χ1) is 13.3. The van der Waals surface area contributed by atoms with Crippen LogP contribution in [-0.2, 0) is 6.54 Å². The summed E-state index contributed by atoms with van der Waals surface area (Å²) in [5.74, 6) is -0.849. The molecule has 2 aromatic carbocycles. The number of carbonyl (C=O) groups excluding carboxylic acids is 1. The molecule has 1 amide bonds. The highest BCUT2D eigenvalue weighted by molar-refractivity contribution is 6.42. The van der Waals surface area contributed by atoms with E-state index in [4.69, 9.17) is 34.8 Å². The predicted octanol–water partition coefficient (Wildman–Crippen LogP) is 5.75. The second-order valence-electron chi connectivity index (χ2n) is 5.60. The third kappa shape index (κ3) is 4.92. The SMILES string of the molecule is O=C(Nc1nn(Cc2ccc(Cl)c(Cl)c2)cc1Cl)c1ccccc1OC(F)F. The summed E-state index contributed by atoms with van der Waals surface area (Å²) in [5, 5.41) is 7.71. The number of hydrogen-bond acceptors (Lipinski definition) is 3. The predicted molar refractivity (Wildman–Crippen MR) is 104 cm³/mol. The number of nitrogens with zero attached hydrogens (tertiary/aromatic N) is 2. The van der Waals surface area contributed by atoms with E-state index in [1.54, 1.807) is 18.2 Å². The van der Waals surface area contributed by atoms with Gasteiger partial charge >= 0.3 is 6.61 Å². The number of anilines is 1. The Labute approximate surface area is 173 Å². The lowest BCUT2D eigenvalue weighted by Crippen LogP contribution is -2.15. The first kappa shape index (κ1) is 20.4. The number of alkyl halides is 2. The number of halogens is 5. The molecule has 0 bridgehead atoms. The Morgan fingerprint density at radius 1 is 1.11 bits per heavy atom. The molecule has 0 fully saturated rings. The Kier molecular flexibility index (Phi) is 6.39. The molecular formula is C18H12Cl3F2N3O2. The molecule has 3 rings (SSSR count). The lowest BCUT2D eigenvalue weighted by atomic mass is 10.2. The summed E-state index contributed by atoms with van der Waals surface area (Å²) in [7, 11) is 0. The number of rotatable bonds is 6. The normalized spacial score (nSPS) is 10.9. The molecule has 0 radical (unpaired) electrons. The van der Waals surface area contributed by atoms with Crippen LogP contribution in [0.1, 0.15) is 15.9 Å². The molecule has 0 saturated heterocycles. The maximum Gasteiger partial charge on any atom is 0.387 e. The lowest BCUT2D eigenvalue weighted by Gasteiger charge is -2.10. The van der Waals surface area contributed by atoms with Crippen LogP contribution >= 0.6 is 34.8 Å². The van der Waals surface area contributed by atoms with Gasteiger partial charge in [0.15, 0.2) is 5.82 Å². The Balaban J connectivity index is 1.77. The van der Waals surface area contributed by atoms with Gasteiger partial charge in [-0.3, -0.25) is 9.48 Å². The van der Waals surface area contributed by atoms with E-state index in [2.05, 4.69) is 15.2 Å². The van der Waals surface area contributed by atoms with Crippen molar-refractivity contribution in [2.24, 2.45) is 0 Å². The molecular weight excluding hydrogens is 435 g/mol. The molecule has 1 N–H and O–H groups in total. The Morgan fingerprint density at radius 2 is 1.86 bits per heavy atom. The fourth-order valence-electron chi connectivity index (χ4n) is 2.42. The van der Waals surface area contributed by atoms with Crippen molar-refractivity contribution >= 4 is 46.5 Å². The van der Waals surface area contributed by atoms with Crippen molar-refractivity contribution in [2.75, 3.05) is 5.32 Å². The van der Waals surface area contributed by atoms with Gasteiger partial charge in [0, 0.05) is 6.20 Å². The van der Waals surface area contributed by atoms with E-state index in [9.17, 15) is 13.6 Å². The fraction of sp³-hybridized carbons (Fsp3) is 0.111. The highest BCUT2D eigenvalue weighted by atomic mass is 35.5. The number of nitrogens with one attached hydrogen (secondary N) is 1. The zero-order valence-electron chi connectivity index (χ0n) is 14.0. The first-order valence-corrected chi connectivity index (χ1v) is 8.99. The summed E-state index contributed by atoms with van der Waals surface area (Å²) in [6.07, 6.45) is 1.52. The zero-order chi connectivity index (χ0) is 20.3. The van der Waals surface area contributed by atoms with Gasteiger partial charge in [-0.2, -0.15) is 13.9 Å². The summed E-state index contributed by atoms with van der Waals surface area (Å²) in [4.78, 5) is 12.4. The van der Waals surface area contributed by atoms with Gasteiger partial charge in [0.2, 0.25) is 0 Å². The molecule has 0 aliphatic rings. The average molecular weight is 447 g/mol. The molecule has 10 heteroatoms. The summed E-state index contributed by atoms with van der Waals surface area (Å²) in [6, 6.07) is 10.8. The Bertz CT molecular complexity index is 1010. The van der Waals surface area contributed by atoms with Crippen LogP contribution < -0.4 is 10.1 Å². The number of aromatic nitrogens is 2. The lowest BCUT2D eigenvalue weighted by molar-refractivity contribution is -0.0501. The molecule has 5 nitrogen and oxygen atoms in total. The Morgan fingerprint density at radius 3 is 2.57 bits per heavy atom. The summed E-state index contributed by atoms with van der Waals surface area (Å²) < 4.78 is 30.9. The van der Waals surface area contributed by atoms with Crippen molar-refractivity contribution in [1.82, 2.24) is 9.78 Å². The van der Waals surface area contributed by atoms with Gasteiger partial charge in [-0.1, -0.05) is 53.0 Å². The van der Waals surface area contributed by atoms with Crippen LogP contribution in [0.4, 0.5) is 14.6 Å². The highest BCUT2D eigenvalue weighted by Crippen LogP contribution is 2.26. The molecule has 146 valence electrons. The van der Waals surface area contributed by atoms with Gasteiger partial charge in [0.05, 0.1) is 22.2 Å². The molecule has 0 aliphatic carbocycles. The number of amides is 1. The molecule has 0 aliphatic heterocycles. The molecule has 1 aromatic heterocycles. The van der Waals surface area contributed by atoms with E-state index >= 15 is 0 Å². The molecule has 0 spiro atoms. The van der Waals surface area contributed by atoms with Crippen LogP contribution in [0.5, 0.6) is 5.75 Å². The number of ether oxygens (including phenoxy) is 1. The van der Waals surface area contributed by atoms with Gasteiger partial charge in [0.1, 0.15) is 10.8 Å². The summed E-state index contributed by atoms with van der Waals surface area (Å²) in [6.45, 7) is -2.72. The van der Waals surface area contributed by atoms with Crippen molar-refractivity contribution in [2.45, 2.75) is 13.2 Å². The summed E-state index contributed by atoms with van der Waals surface area (Å²) in [5.41, 5.74) is 0.750. The maximum absolute atomic E-state index is 12.5. The number of carbonyl (C=O) groups is 1. The average Bonchev–Trinajstić information content (AvgIpc) is 2.97.